The van der Waals surface area contributed by atoms with E-state index in [1.165, 1.54) is 19.2 Å². The standard InChI is InChI=1S/C20H19N5O4S2/c1-29-15-3-5-16(6-4-15)31(27,28)25-20-24-17-7-2-13(10-18(17)30-20)19(26)22-9-8-14-11-21-12-23-14/h2-7,10-12H,8-9H2,1H3,(H,21,23)(H,22,26)(H,24,25). The Morgan fingerprint density at radius 3 is 2.71 bits per heavy atom. The number of carbonyl (C=O) groups excluding carboxylic acids is 1. The number of ether oxygens (including phenoxy) is 1. The van der Waals surface area contributed by atoms with Crippen molar-refractivity contribution in [2.75, 3.05) is 18.4 Å². The Bertz CT molecular complexity index is 1300. The first-order valence-electron chi connectivity index (χ1n) is 9.27. The predicted molar refractivity (Wildman–Crippen MR) is 118 cm³/mol. The van der Waals surface area contributed by atoms with Gasteiger partial charge in [-0.2, -0.15) is 0 Å². The van der Waals surface area contributed by atoms with Gasteiger partial charge in [-0.25, -0.2) is 18.4 Å². The van der Waals surface area contributed by atoms with Crippen molar-refractivity contribution in [2.24, 2.45) is 0 Å². The quantitative estimate of drug-likeness (QED) is 0.374. The number of rotatable bonds is 8. The molecule has 0 saturated heterocycles. The second-order valence-corrected chi connectivity index (χ2v) is 9.28. The highest BCUT2D eigenvalue weighted by molar-refractivity contribution is 7.93. The lowest BCUT2D eigenvalue weighted by molar-refractivity contribution is 0.0954. The zero-order valence-corrected chi connectivity index (χ0v) is 18.1. The number of aromatic nitrogens is 3. The molecule has 0 aliphatic heterocycles. The van der Waals surface area contributed by atoms with Crippen LogP contribution >= 0.6 is 11.3 Å². The van der Waals surface area contributed by atoms with Gasteiger partial charge >= 0.3 is 0 Å². The summed E-state index contributed by atoms with van der Waals surface area (Å²) in [6.07, 6.45) is 3.95. The minimum absolute atomic E-state index is 0.102. The van der Waals surface area contributed by atoms with E-state index in [-0.39, 0.29) is 15.9 Å². The Morgan fingerprint density at radius 1 is 1.19 bits per heavy atom. The molecule has 11 heteroatoms. The number of carbonyl (C=O) groups is 1. The van der Waals surface area contributed by atoms with E-state index in [4.69, 9.17) is 4.74 Å². The summed E-state index contributed by atoms with van der Waals surface area (Å²) < 4.78 is 33.5. The number of H-pyrrole nitrogens is 1. The number of anilines is 1. The van der Waals surface area contributed by atoms with Gasteiger partial charge in [-0.1, -0.05) is 11.3 Å². The zero-order valence-electron chi connectivity index (χ0n) is 16.5. The predicted octanol–water partition coefficient (Wildman–Crippen LogP) is 2.80. The number of benzene rings is 2. The Balaban J connectivity index is 1.45. The van der Waals surface area contributed by atoms with Gasteiger partial charge in [-0.05, 0) is 42.5 Å². The molecule has 4 aromatic rings. The first kappa shape index (κ1) is 20.8. The van der Waals surface area contributed by atoms with Crippen LogP contribution in [0.4, 0.5) is 5.13 Å². The third kappa shape index (κ3) is 4.84. The Labute approximate surface area is 182 Å². The lowest BCUT2D eigenvalue weighted by Crippen LogP contribution is -2.25. The number of amides is 1. The topological polar surface area (TPSA) is 126 Å². The highest BCUT2D eigenvalue weighted by Gasteiger charge is 2.17. The number of aromatic amines is 1. The number of fused-ring (bicyclic) bond motifs is 1. The molecule has 0 fully saturated rings. The third-order valence-electron chi connectivity index (χ3n) is 4.48. The lowest BCUT2D eigenvalue weighted by Gasteiger charge is -2.05. The molecule has 0 saturated carbocycles. The molecule has 0 atom stereocenters. The van der Waals surface area contributed by atoms with Crippen LogP contribution in [-0.2, 0) is 16.4 Å². The minimum atomic E-state index is -3.79. The lowest BCUT2D eigenvalue weighted by atomic mass is 10.2. The van der Waals surface area contributed by atoms with Crippen molar-refractivity contribution in [1.29, 1.82) is 0 Å². The van der Waals surface area contributed by atoms with Gasteiger partial charge in [0.05, 0.1) is 28.5 Å². The molecule has 2 heterocycles. The maximum Gasteiger partial charge on any atom is 0.263 e. The van der Waals surface area contributed by atoms with Crippen molar-refractivity contribution < 1.29 is 17.9 Å². The van der Waals surface area contributed by atoms with Gasteiger partial charge in [0.2, 0.25) is 0 Å². The highest BCUT2D eigenvalue weighted by atomic mass is 32.2. The van der Waals surface area contributed by atoms with E-state index in [0.717, 1.165) is 17.0 Å². The number of imidazole rings is 1. The van der Waals surface area contributed by atoms with Gasteiger partial charge < -0.3 is 15.0 Å². The molecule has 1 amide bonds. The molecule has 3 N–H and O–H groups in total. The van der Waals surface area contributed by atoms with Crippen molar-refractivity contribution in [1.82, 2.24) is 20.3 Å². The number of hydrogen-bond donors (Lipinski definition) is 3. The van der Waals surface area contributed by atoms with Crippen molar-refractivity contribution in [3.8, 4) is 5.75 Å². The van der Waals surface area contributed by atoms with Crippen LogP contribution in [-0.4, -0.2) is 42.9 Å². The Kier molecular flexibility index (Phi) is 5.87. The summed E-state index contributed by atoms with van der Waals surface area (Å²) in [5, 5.41) is 3.08. The van der Waals surface area contributed by atoms with Crippen molar-refractivity contribution >= 4 is 42.6 Å². The van der Waals surface area contributed by atoms with Crippen molar-refractivity contribution in [2.45, 2.75) is 11.3 Å². The van der Waals surface area contributed by atoms with Crippen LogP contribution in [0.5, 0.6) is 5.75 Å². The SMILES string of the molecule is COc1ccc(S(=O)(=O)Nc2nc3ccc(C(=O)NCCc4cnc[nH]4)cc3s2)cc1. The molecule has 0 radical (unpaired) electrons. The molecular weight excluding hydrogens is 438 g/mol. The van der Waals surface area contributed by atoms with Crippen LogP contribution in [0.1, 0.15) is 16.1 Å². The van der Waals surface area contributed by atoms with Crippen molar-refractivity contribution in [3.05, 3.63) is 66.2 Å². The van der Waals surface area contributed by atoms with Crippen LogP contribution in [0.25, 0.3) is 10.2 Å². The largest absolute Gasteiger partial charge is 0.497 e. The summed E-state index contributed by atoms with van der Waals surface area (Å²) >= 11 is 1.16. The van der Waals surface area contributed by atoms with Crippen LogP contribution in [0, 0.1) is 0 Å². The molecule has 0 aliphatic rings. The minimum Gasteiger partial charge on any atom is -0.497 e. The monoisotopic (exact) mass is 457 g/mol. The fourth-order valence-electron chi connectivity index (χ4n) is 2.87. The second-order valence-electron chi connectivity index (χ2n) is 6.57. The third-order valence-corrected chi connectivity index (χ3v) is 6.89. The molecule has 0 bridgehead atoms. The van der Waals surface area contributed by atoms with Crippen LogP contribution in [0.2, 0.25) is 0 Å². The van der Waals surface area contributed by atoms with Crippen LogP contribution in [0.15, 0.2) is 59.9 Å². The number of hydrogen-bond acceptors (Lipinski definition) is 7. The summed E-state index contributed by atoms with van der Waals surface area (Å²) in [6.45, 7) is 0.467. The normalized spacial score (nSPS) is 11.4. The molecule has 2 aromatic carbocycles. The van der Waals surface area contributed by atoms with Gasteiger partial charge in [0.25, 0.3) is 15.9 Å². The molecule has 31 heavy (non-hydrogen) atoms. The van der Waals surface area contributed by atoms with Gasteiger partial charge in [0.1, 0.15) is 5.75 Å². The fraction of sp³-hybridized carbons (Fsp3) is 0.150. The van der Waals surface area contributed by atoms with Gasteiger partial charge in [0, 0.05) is 30.4 Å². The van der Waals surface area contributed by atoms with E-state index >= 15 is 0 Å². The Hall–Kier alpha value is -3.44. The van der Waals surface area contributed by atoms with E-state index in [1.54, 1.807) is 42.9 Å². The zero-order chi connectivity index (χ0) is 21.8. The highest BCUT2D eigenvalue weighted by Crippen LogP contribution is 2.29. The molecule has 0 unspecified atom stereocenters. The first-order chi connectivity index (χ1) is 14.9. The fourth-order valence-corrected chi connectivity index (χ4v) is 5.01. The van der Waals surface area contributed by atoms with E-state index < -0.39 is 10.0 Å². The number of nitrogens with zero attached hydrogens (tertiary/aromatic N) is 2. The molecule has 160 valence electrons. The first-order valence-corrected chi connectivity index (χ1v) is 11.6. The van der Waals surface area contributed by atoms with E-state index in [9.17, 15) is 13.2 Å². The molecule has 9 nitrogen and oxygen atoms in total. The van der Waals surface area contributed by atoms with Crippen LogP contribution in [0.3, 0.4) is 0 Å². The second kappa shape index (κ2) is 8.74. The average Bonchev–Trinajstić information content (AvgIpc) is 3.42. The van der Waals surface area contributed by atoms with E-state index in [2.05, 4.69) is 25.0 Å². The van der Waals surface area contributed by atoms with E-state index in [1.807, 2.05) is 0 Å². The Morgan fingerprint density at radius 2 is 2.00 bits per heavy atom. The van der Waals surface area contributed by atoms with Crippen molar-refractivity contribution in [3.63, 3.8) is 0 Å². The van der Waals surface area contributed by atoms with E-state index in [0.29, 0.717) is 34.5 Å². The number of thiazole rings is 1. The molecule has 0 spiro atoms. The summed E-state index contributed by atoms with van der Waals surface area (Å²) in [5.41, 5.74) is 2.02. The number of methoxy groups -OCH3 is 1. The summed E-state index contributed by atoms with van der Waals surface area (Å²) in [6, 6.07) is 11.1. The summed E-state index contributed by atoms with van der Waals surface area (Å²) in [7, 11) is -2.28. The van der Waals surface area contributed by atoms with Gasteiger partial charge in [-0.15, -0.1) is 0 Å². The van der Waals surface area contributed by atoms with Crippen LogP contribution < -0.4 is 14.8 Å². The maximum absolute atomic E-state index is 12.6. The smallest absolute Gasteiger partial charge is 0.263 e. The molecule has 2 aromatic heterocycles. The molecule has 4 rings (SSSR count). The average molecular weight is 458 g/mol. The maximum atomic E-state index is 12.6. The summed E-state index contributed by atoms with van der Waals surface area (Å²) in [5.74, 6) is 0.351. The summed E-state index contributed by atoms with van der Waals surface area (Å²) in [4.78, 5) is 23.8. The van der Waals surface area contributed by atoms with Gasteiger partial charge in [0.15, 0.2) is 5.13 Å². The molecule has 0 aliphatic carbocycles. The van der Waals surface area contributed by atoms with Gasteiger partial charge in [-0.3, -0.25) is 9.52 Å². The number of nitrogens with one attached hydrogen (secondary N) is 3. The molecular formula is C20H19N5O4S2. The number of sulfonamides is 1.